The maximum atomic E-state index is 5.82. The number of hydrogen-bond donors (Lipinski definition) is 1. The third-order valence-corrected chi connectivity index (χ3v) is 4.98. The summed E-state index contributed by atoms with van der Waals surface area (Å²) >= 11 is 0. The lowest BCUT2D eigenvalue weighted by Crippen LogP contribution is -2.45. The van der Waals surface area contributed by atoms with Crippen LogP contribution in [0.5, 0.6) is 5.75 Å². The topological polar surface area (TPSA) is 46.6 Å². The summed E-state index contributed by atoms with van der Waals surface area (Å²) in [6.45, 7) is 10.1. The van der Waals surface area contributed by atoms with Crippen molar-refractivity contribution in [3.63, 3.8) is 0 Å². The molecule has 1 aliphatic rings. The van der Waals surface area contributed by atoms with Gasteiger partial charge in [-0.25, -0.2) is 0 Å². The van der Waals surface area contributed by atoms with Gasteiger partial charge in [0.25, 0.3) is 0 Å². The van der Waals surface area contributed by atoms with Gasteiger partial charge in [0.05, 0.1) is 12.2 Å². The van der Waals surface area contributed by atoms with E-state index in [1.165, 1.54) is 24.9 Å². The molecule has 1 aromatic heterocycles. The van der Waals surface area contributed by atoms with Crippen LogP contribution in [0.15, 0.2) is 48.8 Å². The maximum absolute atomic E-state index is 5.82. The first kappa shape index (κ1) is 20.8. The number of ether oxygens (including phenoxy) is 2. The minimum absolute atomic E-state index is 0.360. The summed E-state index contributed by atoms with van der Waals surface area (Å²) in [5, 5.41) is 3.54. The molecule has 2 atom stereocenters. The minimum atomic E-state index is 0.360. The molecule has 0 aliphatic carbocycles. The lowest BCUT2D eigenvalue weighted by atomic mass is 10.2. The molecule has 3 rings (SSSR count). The van der Waals surface area contributed by atoms with Gasteiger partial charge in [0.1, 0.15) is 12.4 Å². The predicted octanol–water partition coefficient (Wildman–Crippen LogP) is 3.64. The standard InChI is InChI=1S/C23H33N3O2/c1-19-16-26(17-20(2)28-19)14-4-3-11-25-15-21-5-7-23(8-6-21)27-18-22-9-12-24-13-10-22/h5-10,12-13,19-20,25H,3-4,11,14-18H2,1-2H3. The third-order valence-electron chi connectivity index (χ3n) is 4.98. The predicted molar refractivity (Wildman–Crippen MR) is 112 cm³/mol. The van der Waals surface area contributed by atoms with E-state index in [4.69, 9.17) is 9.47 Å². The molecule has 2 unspecified atom stereocenters. The van der Waals surface area contributed by atoms with Gasteiger partial charge in [0, 0.05) is 32.0 Å². The van der Waals surface area contributed by atoms with Gasteiger partial charge in [-0.05, 0) is 75.2 Å². The highest BCUT2D eigenvalue weighted by Gasteiger charge is 2.21. The number of nitrogens with one attached hydrogen (secondary N) is 1. The number of hydrogen-bond acceptors (Lipinski definition) is 5. The number of morpholine rings is 1. The van der Waals surface area contributed by atoms with Crippen molar-refractivity contribution in [2.75, 3.05) is 26.2 Å². The Morgan fingerprint density at radius 1 is 1.00 bits per heavy atom. The summed E-state index contributed by atoms with van der Waals surface area (Å²) in [5.41, 5.74) is 2.41. The molecular weight excluding hydrogens is 350 g/mol. The molecule has 0 amide bonds. The first-order valence-electron chi connectivity index (χ1n) is 10.4. The van der Waals surface area contributed by atoms with Crippen LogP contribution in [0.4, 0.5) is 0 Å². The zero-order valence-electron chi connectivity index (χ0n) is 17.1. The molecule has 0 saturated carbocycles. The first-order chi connectivity index (χ1) is 13.7. The van der Waals surface area contributed by atoms with Gasteiger partial charge in [-0.1, -0.05) is 12.1 Å². The largest absolute Gasteiger partial charge is 0.489 e. The molecule has 1 aromatic carbocycles. The van der Waals surface area contributed by atoms with Crippen molar-refractivity contribution in [2.24, 2.45) is 0 Å². The van der Waals surface area contributed by atoms with Crippen LogP contribution in [-0.2, 0) is 17.9 Å². The first-order valence-corrected chi connectivity index (χ1v) is 10.4. The Morgan fingerprint density at radius 3 is 2.43 bits per heavy atom. The van der Waals surface area contributed by atoms with E-state index in [9.17, 15) is 0 Å². The molecule has 1 aliphatic heterocycles. The van der Waals surface area contributed by atoms with Crippen LogP contribution in [0.2, 0.25) is 0 Å². The number of aromatic nitrogens is 1. The average Bonchev–Trinajstić information content (AvgIpc) is 2.70. The van der Waals surface area contributed by atoms with Crippen LogP contribution in [-0.4, -0.2) is 48.3 Å². The molecule has 2 aromatic rings. The Bertz CT molecular complexity index is 668. The fourth-order valence-corrected chi connectivity index (χ4v) is 3.63. The number of nitrogens with zero attached hydrogens (tertiary/aromatic N) is 2. The van der Waals surface area contributed by atoms with Crippen LogP contribution in [0.1, 0.15) is 37.8 Å². The van der Waals surface area contributed by atoms with E-state index < -0.39 is 0 Å². The Kier molecular flexibility index (Phi) is 8.27. The highest BCUT2D eigenvalue weighted by Crippen LogP contribution is 2.14. The van der Waals surface area contributed by atoms with E-state index in [2.05, 4.69) is 41.2 Å². The number of benzene rings is 1. The molecule has 0 spiro atoms. The van der Waals surface area contributed by atoms with Gasteiger partial charge in [0.2, 0.25) is 0 Å². The third kappa shape index (κ3) is 7.23. The van der Waals surface area contributed by atoms with Gasteiger partial charge in [-0.15, -0.1) is 0 Å². The summed E-state index contributed by atoms with van der Waals surface area (Å²) in [7, 11) is 0. The highest BCUT2D eigenvalue weighted by atomic mass is 16.5. The van der Waals surface area contributed by atoms with E-state index in [0.717, 1.165) is 37.5 Å². The summed E-state index contributed by atoms with van der Waals surface area (Å²) in [6.07, 6.45) is 6.73. The Balaban J connectivity index is 1.27. The van der Waals surface area contributed by atoms with Crippen molar-refractivity contribution in [2.45, 2.75) is 52.0 Å². The lowest BCUT2D eigenvalue weighted by molar-refractivity contribution is -0.0681. The van der Waals surface area contributed by atoms with E-state index in [0.29, 0.717) is 18.8 Å². The van der Waals surface area contributed by atoms with Crippen LogP contribution < -0.4 is 10.1 Å². The quantitative estimate of drug-likeness (QED) is 0.635. The Morgan fingerprint density at radius 2 is 1.71 bits per heavy atom. The van der Waals surface area contributed by atoms with Gasteiger partial charge in [-0.2, -0.15) is 0 Å². The summed E-state index contributed by atoms with van der Waals surface area (Å²) in [5.74, 6) is 0.898. The fraction of sp³-hybridized carbons (Fsp3) is 0.522. The van der Waals surface area contributed by atoms with Crippen molar-refractivity contribution >= 4 is 0 Å². The van der Waals surface area contributed by atoms with E-state index in [1.807, 2.05) is 24.3 Å². The smallest absolute Gasteiger partial charge is 0.119 e. The second kappa shape index (κ2) is 11.1. The van der Waals surface area contributed by atoms with E-state index in [-0.39, 0.29) is 0 Å². The molecule has 1 saturated heterocycles. The van der Waals surface area contributed by atoms with Crippen molar-refractivity contribution < 1.29 is 9.47 Å². The van der Waals surface area contributed by atoms with Crippen molar-refractivity contribution in [1.82, 2.24) is 15.2 Å². The van der Waals surface area contributed by atoms with E-state index >= 15 is 0 Å². The molecule has 1 N–H and O–H groups in total. The van der Waals surface area contributed by atoms with Gasteiger partial charge in [0.15, 0.2) is 0 Å². The molecule has 152 valence electrons. The molecule has 28 heavy (non-hydrogen) atoms. The van der Waals surface area contributed by atoms with E-state index in [1.54, 1.807) is 12.4 Å². The zero-order valence-corrected chi connectivity index (χ0v) is 17.1. The molecular formula is C23H33N3O2. The average molecular weight is 384 g/mol. The zero-order chi connectivity index (χ0) is 19.6. The summed E-state index contributed by atoms with van der Waals surface area (Å²) in [4.78, 5) is 6.55. The normalized spacial score (nSPS) is 20.2. The molecule has 0 radical (unpaired) electrons. The monoisotopic (exact) mass is 383 g/mol. The summed E-state index contributed by atoms with van der Waals surface area (Å²) in [6, 6.07) is 12.3. The van der Waals surface area contributed by atoms with Crippen molar-refractivity contribution in [3.05, 3.63) is 59.9 Å². The second-order valence-corrected chi connectivity index (χ2v) is 7.69. The van der Waals surface area contributed by atoms with Crippen molar-refractivity contribution in [3.8, 4) is 5.75 Å². The van der Waals surface area contributed by atoms with Crippen LogP contribution in [0, 0.1) is 0 Å². The second-order valence-electron chi connectivity index (χ2n) is 7.69. The minimum Gasteiger partial charge on any atom is -0.489 e. The molecule has 0 bridgehead atoms. The number of unbranched alkanes of at least 4 members (excludes halogenated alkanes) is 1. The molecule has 2 heterocycles. The highest BCUT2D eigenvalue weighted by molar-refractivity contribution is 5.27. The molecule has 5 heteroatoms. The maximum Gasteiger partial charge on any atom is 0.119 e. The van der Waals surface area contributed by atoms with Gasteiger partial charge >= 0.3 is 0 Å². The number of pyridine rings is 1. The summed E-state index contributed by atoms with van der Waals surface area (Å²) < 4.78 is 11.6. The lowest BCUT2D eigenvalue weighted by Gasteiger charge is -2.35. The van der Waals surface area contributed by atoms with Crippen LogP contribution in [0.25, 0.3) is 0 Å². The van der Waals surface area contributed by atoms with Crippen LogP contribution >= 0.6 is 0 Å². The van der Waals surface area contributed by atoms with Crippen LogP contribution in [0.3, 0.4) is 0 Å². The van der Waals surface area contributed by atoms with Crippen molar-refractivity contribution in [1.29, 1.82) is 0 Å². The molecule has 5 nitrogen and oxygen atoms in total. The number of rotatable bonds is 10. The Hall–Kier alpha value is -1.95. The Labute approximate surface area is 169 Å². The molecule has 1 fully saturated rings. The SMILES string of the molecule is CC1CN(CCCCNCc2ccc(OCc3ccncc3)cc2)CC(C)O1. The fourth-order valence-electron chi connectivity index (χ4n) is 3.63. The van der Waals surface area contributed by atoms with Gasteiger partial charge < -0.3 is 14.8 Å². The van der Waals surface area contributed by atoms with Gasteiger partial charge in [-0.3, -0.25) is 9.88 Å².